The molecular formula is C11H13NO. The van der Waals surface area contributed by atoms with Crippen molar-refractivity contribution in [3.8, 4) is 18.4 Å². The summed E-state index contributed by atoms with van der Waals surface area (Å²) in [6, 6.07) is 2.22. The second-order valence-electron chi connectivity index (χ2n) is 4.45. The summed E-state index contributed by atoms with van der Waals surface area (Å²) in [5, 5.41) is 19.0. The van der Waals surface area contributed by atoms with Gasteiger partial charge in [-0.25, -0.2) is 0 Å². The van der Waals surface area contributed by atoms with Crippen LogP contribution in [0.3, 0.4) is 0 Å². The third-order valence-electron chi connectivity index (χ3n) is 3.56. The van der Waals surface area contributed by atoms with E-state index in [1.54, 1.807) is 6.92 Å². The van der Waals surface area contributed by atoms with E-state index in [0.717, 1.165) is 6.42 Å². The minimum atomic E-state index is -1.24. The minimum absolute atomic E-state index is 0.351. The first-order chi connectivity index (χ1) is 6.07. The van der Waals surface area contributed by atoms with Gasteiger partial charge in [0.2, 0.25) is 0 Å². The molecular weight excluding hydrogens is 162 g/mol. The third-order valence-corrected chi connectivity index (χ3v) is 3.56. The Morgan fingerprint density at radius 2 is 2.23 bits per heavy atom. The summed E-state index contributed by atoms with van der Waals surface area (Å²) in [6.45, 7) is 1.58. The van der Waals surface area contributed by atoms with Gasteiger partial charge in [0, 0.05) is 0 Å². The van der Waals surface area contributed by atoms with E-state index in [0.29, 0.717) is 11.8 Å². The van der Waals surface area contributed by atoms with Gasteiger partial charge in [-0.15, -0.1) is 6.42 Å². The summed E-state index contributed by atoms with van der Waals surface area (Å²) in [6.07, 6.45) is 8.43. The molecule has 0 saturated heterocycles. The van der Waals surface area contributed by atoms with Crippen LogP contribution >= 0.6 is 0 Å². The second kappa shape index (κ2) is 2.28. The summed E-state index contributed by atoms with van der Waals surface area (Å²) in [5.41, 5.74) is -1.88. The summed E-state index contributed by atoms with van der Waals surface area (Å²) < 4.78 is 0. The Kier molecular flexibility index (Phi) is 1.51. The Bertz CT molecular complexity index is 316. The zero-order chi connectivity index (χ0) is 9.69. The molecule has 2 rings (SSSR count). The van der Waals surface area contributed by atoms with E-state index < -0.39 is 11.0 Å². The zero-order valence-electron chi connectivity index (χ0n) is 7.75. The molecule has 2 fully saturated rings. The van der Waals surface area contributed by atoms with Crippen LogP contribution in [-0.4, -0.2) is 10.7 Å². The quantitative estimate of drug-likeness (QED) is 0.643. The highest BCUT2D eigenvalue weighted by molar-refractivity contribution is 5.32. The number of aliphatic hydroxyl groups is 1. The smallest absolute Gasteiger partial charge is 0.141 e. The van der Waals surface area contributed by atoms with E-state index >= 15 is 0 Å². The first-order valence-corrected chi connectivity index (χ1v) is 4.69. The van der Waals surface area contributed by atoms with Crippen molar-refractivity contribution in [2.75, 3.05) is 0 Å². The van der Waals surface area contributed by atoms with E-state index in [1.165, 1.54) is 12.8 Å². The average molecular weight is 175 g/mol. The summed E-state index contributed by atoms with van der Waals surface area (Å²) >= 11 is 0. The lowest BCUT2D eigenvalue weighted by atomic mass is 9.84. The molecule has 2 aliphatic rings. The lowest BCUT2D eigenvalue weighted by molar-refractivity contribution is 0.0585. The molecule has 0 radical (unpaired) electrons. The molecule has 2 saturated carbocycles. The van der Waals surface area contributed by atoms with Crippen LogP contribution in [0.15, 0.2) is 0 Å². The van der Waals surface area contributed by atoms with Crippen molar-refractivity contribution in [2.24, 2.45) is 17.3 Å². The van der Waals surface area contributed by atoms with Crippen LogP contribution in [0.25, 0.3) is 0 Å². The Hall–Kier alpha value is -0.990. The zero-order valence-corrected chi connectivity index (χ0v) is 7.75. The fourth-order valence-electron chi connectivity index (χ4n) is 2.28. The number of nitrogens with zero attached hydrogens (tertiary/aromatic N) is 1. The maximum absolute atomic E-state index is 9.90. The van der Waals surface area contributed by atoms with Crippen LogP contribution in [0.5, 0.6) is 0 Å². The molecule has 0 amide bonds. The summed E-state index contributed by atoms with van der Waals surface area (Å²) in [4.78, 5) is 0. The molecule has 0 heterocycles. The topological polar surface area (TPSA) is 44.0 Å². The van der Waals surface area contributed by atoms with Gasteiger partial charge in [0.15, 0.2) is 0 Å². The van der Waals surface area contributed by atoms with Crippen molar-refractivity contribution in [3.63, 3.8) is 0 Å². The van der Waals surface area contributed by atoms with E-state index in [4.69, 9.17) is 11.7 Å². The number of nitriles is 1. The molecule has 0 aromatic heterocycles. The van der Waals surface area contributed by atoms with Gasteiger partial charge in [0.05, 0.1) is 6.07 Å². The second-order valence-corrected chi connectivity index (χ2v) is 4.45. The predicted octanol–water partition coefficient (Wildman–Crippen LogP) is 1.31. The predicted molar refractivity (Wildman–Crippen MR) is 48.3 cm³/mol. The van der Waals surface area contributed by atoms with E-state index in [9.17, 15) is 5.11 Å². The standard InChI is InChI=1S/C11H13NO/c1-3-10(2,13)11(7-12)6-9(11)8-4-5-8/h1,8-9,13H,4-6H2,2H3/t9-,10-,11-/m0/s1. The van der Waals surface area contributed by atoms with Crippen LogP contribution in [0.2, 0.25) is 0 Å². The van der Waals surface area contributed by atoms with Gasteiger partial charge >= 0.3 is 0 Å². The van der Waals surface area contributed by atoms with Gasteiger partial charge in [-0.3, -0.25) is 0 Å². The molecule has 0 unspecified atom stereocenters. The minimum Gasteiger partial charge on any atom is -0.376 e. The first-order valence-electron chi connectivity index (χ1n) is 4.69. The molecule has 68 valence electrons. The molecule has 0 aromatic rings. The number of hydrogen-bond donors (Lipinski definition) is 1. The Balaban J connectivity index is 2.21. The number of hydrogen-bond acceptors (Lipinski definition) is 2. The molecule has 13 heavy (non-hydrogen) atoms. The molecule has 1 N–H and O–H groups in total. The maximum atomic E-state index is 9.90. The van der Waals surface area contributed by atoms with Crippen LogP contribution in [0, 0.1) is 40.9 Å². The van der Waals surface area contributed by atoms with Crippen molar-refractivity contribution in [1.29, 1.82) is 5.26 Å². The summed E-state index contributed by atoms with van der Waals surface area (Å²) in [5.74, 6) is 3.34. The van der Waals surface area contributed by atoms with Crippen LogP contribution < -0.4 is 0 Å². The first kappa shape index (κ1) is 8.60. The highest BCUT2D eigenvalue weighted by Crippen LogP contribution is 2.66. The largest absolute Gasteiger partial charge is 0.376 e. The van der Waals surface area contributed by atoms with E-state index in [2.05, 4.69) is 12.0 Å². The fourth-order valence-corrected chi connectivity index (χ4v) is 2.28. The van der Waals surface area contributed by atoms with Gasteiger partial charge < -0.3 is 5.11 Å². The van der Waals surface area contributed by atoms with Crippen molar-refractivity contribution in [1.82, 2.24) is 0 Å². The van der Waals surface area contributed by atoms with Crippen molar-refractivity contribution >= 4 is 0 Å². The van der Waals surface area contributed by atoms with Crippen molar-refractivity contribution < 1.29 is 5.11 Å². The highest BCUT2D eigenvalue weighted by Gasteiger charge is 2.68. The van der Waals surface area contributed by atoms with Crippen molar-refractivity contribution in [3.05, 3.63) is 0 Å². The summed E-state index contributed by atoms with van der Waals surface area (Å²) in [7, 11) is 0. The molecule has 2 aliphatic carbocycles. The fraction of sp³-hybridized carbons (Fsp3) is 0.727. The Morgan fingerprint density at radius 3 is 2.62 bits per heavy atom. The third kappa shape index (κ3) is 0.992. The van der Waals surface area contributed by atoms with E-state index in [-0.39, 0.29) is 0 Å². The van der Waals surface area contributed by atoms with Gasteiger partial charge in [-0.1, -0.05) is 5.92 Å². The highest BCUT2D eigenvalue weighted by atomic mass is 16.3. The van der Waals surface area contributed by atoms with Crippen LogP contribution in [-0.2, 0) is 0 Å². The molecule has 0 spiro atoms. The molecule has 2 nitrogen and oxygen atoms in total. The van der Waals surface area contributed by atoms with Gasteiger partial charge in [0.1, 0.15) is 11.0 Å². The van der Waals surface area contributed by atoms with E-state index in [1.807, 2.05) is 0 Å². The SMILES string of the molecule is C#C[C@](C)(O)[C@]1(C#N)C[C@H]1C1CC1. The van der Waals surface area contributed by atoms with Crippen LogP contribution in [0.1, 0.15) is 26.2 Å². The Labute approximate surface area is 78.6 Å². The average Bonchev–Trinajstić information content (AvgIpc) is 2.96. The van der Waals surface area contributed by atoms with Gasteiger partial charge in [-0.2, -0.15) is 5.26 Å². The monoisotopic (exact) mass is 175 g/mol. The lowest BCUT2D eigenvalue weighted by Crippen LogP contribution is -2.35. The molecule has 3 atom stereocenters. The maximum Gasteiger partial charge on any atom is 0.141 e. The van der Waals surface area contributed by atoms with Gasteiger partial charge in [-0.05, 0) is 38.0 Å². The molecule has 0 aliphatic heterocycles. The molecule has 0 aromatic carbocycles. The molecule has 2 heteroatoms. The van der Waals surface area contributed by atoms with Crippen LogP contribution in [0.4, 0.5) is 0 Å². The molecule has 0 bridgehead atoms. The number of rotatable bonds is 2. The van der Waals surface area contributed by atoms with Gasteiger partial charge in [0.25, 0.3) is 0 Å². The lowest BCUT2D eigenvalue weighted by Gasteiger charge is -2.23. The Morgan fingerprint density at radius 1 is 1.62 bits per heavy atom. The normalized spacial score (nSPS) is 41.4. The van der Waals surface area contributed by atoms with Crippen molar-refractivity contribution in [2.45, 2.75) is 31.8 Å². The number of terminal acetylenes is 1.